The third kappa shape index (κ3) is 3.28. The van der Waals surface area contributed by atoms with Crippen LogP contribution in [0.4, 0.5) is 17.2 Å². The van der Waals surface area contributed by atoms with Crippen molar-refractivity contribution in [1.82, 2.24) is 4.98 Å². The van der Waals surface area contributed by atoms with Crippen molar-refractivity contribution in [3.63, 3.8) is 0 Å². The van der Waals surface area contributed by atoms with Crippen LogP contribution in [0, 0.1) is 0 Å². The molecule has 2 aromatic rings. The van der Waals surface area contributed by atoms with Gasteiger partial charge in [0.05, 0.1) is 5.69 Å². The van der Waals surface area contributed by atoms with Gasteiger partial charge in [0.25, 0.3) is 0 Å². The van der Waals surface area contributed by atoms with E-state index in [4.69, 9.17) is 5.73 Å². The molecule has 0 aliphatic carbocycles. The lowest BCUT2D eigenvalue weighted by molar-refractivity contribution is 1.31. The predicted molar refractivity (Wildman–Crippen MR) is 69.7 cm³/mol. The highest BCUT2D eigenvalue weighted by Gasteiger charge is 1.98. The summed E-state index contributed by atoms with van der Waals surface area (Å²) >= 11 is 0. The molecule has 0 fully saturated rings. The Balaban J connectivity index is 0.000000606. The van der Waals surface area contributed by atoms with Crippen LogP contribution in [-0.2, 0) is 0 Å². The molecule has 16 heavy (non-hydrogen) atoms. The van der Waals surface area contributed by atoms with Gasteiger partial charge in [-0.3, -0.25) is 0 Å². The molecule has 0 amide bonds. The molecule has 0 saturated carbocycles. The van der Waals surface area contributed by atoms with Gasteiger partial charge < -0.3 is 11.1 Å². The standard InChI is InChI=1S/C11H11N3.C2H6/c12-10-7-4-8-13-11(10)14-9-5-2-1-3-6-9;1-2/h1-8H,12H2,(H,13,14);1-2H3. The summed E-state index contributed by atoms with van der Waals surface area (Å²) in [4.78, 5) is 4.14. The van der Waals surface area contributed by atoms with Crippen molar-refractivity contribution in [2.45, 2.75) is 13.8 Å². The fraction of sp³-hybridized carbons (Fsp3) is 0.154. The van der Waals surface area contributed by atoms with Crippen LogP contribution in [0.1, 0.15) is 13.8 Å². The van der Waals surface area contributed by atoms with Gasteiger partial charge in [0.1, 0.15) is 0 Å². The van der Waals surface area contributed by atoms with Crippen LogP contribution in [0.2, 0.25) is 0 Å². The molecule has 84 valence electrons. The first-order chi connectivity index (χ1) is 7.86. The number of nitrogen functional groups attached to an aromatic ring is 1. The molecule has 0 bridgehead atoms. The first-order valence-corrected chi connectivity index (χ1v) is 5.39. The maximum Gasteiger partial charge on any atom is 0.153 e. The van der Waals surface area contributed by atoms with Crippen LogP contribution in [0.3, 0.4) is 0 Å². The minimum absolute atomic E-state index is 0.649. The van der Waals surface area contributed by atoms with Crippen LogP contribution in [0.15, 0.2) is 48.7 Å². The summed E-state index contributed by atoms with van der Waals surface area (Å²) in [5.74, 6) is 0.693. The zero-order valence-electron chi connectivity index (χ0n) is 9.64. The zero-order chi connectivity index (χ0) is 11.8. The van der Waals surface area contributed by atoms with Gasteiger partial charge in [-0.05, 0) is 24.3 Å². The number of anilines is 3. The number of nitrogens with zero attached hydrogens (tertiary/aromatic N) is 1. The second-order valence-electron chi connectivity index (χ2n) is 2.93. The first-order valence-electron chi connectivity index (χ1n) is 5.39. The maximum atomic E-state index is 5.74. The minimum Gasteiger partial charge on any atom is -0.396 e. The number of pyridine rings is 1. The van der Waals surface area contributed by atoms with Crippen LogP contribution in [0.25, 0.3) is 0 Å². The van der Waals surface area contributed by atoms with E-state index >= 15 is 0 Å². The highest BCUT2D eigenvalue weighted by Crippen LogP contribution is 2.18. The third-order valence-electron chi connectivity index (χ3n) is 1.88. The van der Waals surface area contributed by atoms with Crippen molar-refractivity contribution in [2.75, 3.05) is 11.1 Å². The van der Waals surface area contributed by atoms with Gasteiger partial charge in [-0.25, -0.2) is 4.98 Å². The number of aromatic nitrogens is 1. The number of para-hydroxylation sites is 1. The minimum atomic E-state index is 0.649. The van der Waals surface area contributed by atoms with E-state index in [1.807, 2.05) is 56.3 Å². The topological polar surface area (TPSA) is 50.9 Å². The Morgan fingerprint density at radius 1 is 1.00 bits per heavy atom. The molecule has 1 aromatic carbocycles. The molecule has 3 N–H and O–H groups in total. The molecule has 3 nitrogen and oxygen atoms in total. The van der Waals surface area contributed by atoms with Gasteiger partial charge in [0.15, 0.2) is 5.82 Å². The summed E-state index contributed by atoms with van der Waals surface area (Å²) < 4.78 is 0. The molecule has 0 aliphatic rings. The zero-order valence-corrected chi connectivity index (χ0v) is 9.64. The van der Waals surface area contributed by atoms with Gasteiger partial charge in [-0.15, -0.1) is 0 Å². The van der Waals surface area contributed by atoms with E-state index in [1.165, 1.54) is 0 Å². The van der Waals surface area contributed by atoms with Crippen molar-refractivity contribution >= 4 is 17.2 Å². The lowest BCUT2D eigenvalue weighted by atomic mass is 10.3. The van der Waals surface area contributed by atoms with Gasteiger partial charge in [-0.1, -0.05) is 32.0 Å². The van der Waals surface area contributed by atoms with E-state index < -0.39 is 0 Å². The molecule has 0 radical (unpaired) electrons. The SMILES string of the molecule is CC.Nc1cccnc1Nc1ccccc1. The summed E-state index contributed by atoms with van der Waals surface area (Å²) in [6, 6.07) is 13.4. The third-order valence-corrected chi connectivity index (χ3v) is 1.88. The largest absolute Gasteiger partial charge is 0.396 e. The van der Waals surface area contributed by atoms with Gasteiger partial charge in [0.2, 0.25) is 0 Å². The second kappa shape index (κ2) is 6.45. The van der Waals surface area contributed by atoms with E-state index in [-0.39, 0.29) is 0 Å². The highest BCUT2D eigenvalue weighted by atomic mass is 15.0. The molecule has 0 saturated heterocycles. The Morgan fingerprint density at radius 3 is 2.31 bits per heavy atom. The average Bonchev–Trinajstić information content (AvgIpc) is 2.36. The number of nitrogens with one attached hydrogen (secondary N) is 1. The van der Waals surface area contributed by atoms with Crippen molar-refractivity contribution in [2.24, 2.45) is 0 Å². The maximum absolute atomic E-state index is 5.74. The van der Waals surface area contributed by atoms with Gasteiger partial charge in [-0.2, -0.15) is 0 Å². The molecule has 1 heterocycles. The fourth-order valence-electron chi connectivity index (χ4n) is 1.18. The van der Waals surface area contributed by atoms with Gasteiger partial charge >= 0.3 is 0 Å². The summed E-state index contributed by atoms with van der Waals surface area (Å²) in [6.07, 6.45) is 1.71. The molecular weight excluding hydrogens is 198 g/mol. The monoisotopic (exact) mass is 215 g/mol. The van der Waals surface area contributed by atoms with Crippen molar-refractivity contribution in [1.29, 1.82) is 0 Å². The Hall–Kier alpha value is -2.03. The number of benzene rings is 1. The Morgan fingerprint density at radius 2 is 1.69 bits per heavy atom. The highest BCUT2D eigenvalue weighted by molar-refractivity contribution is 5.67. The summed E-state index contributed by atoms with van der Waals surface area (Å²) in [5.41, 5.74) is 7.38. The smallest absolute Gasteiger partial charge is 0.153 e. The first kappa shape index (κ1) is 12.0. The van der Waals surface area contributed by atoms with Crippen molar-refractivity contribution < 1.29 is 0 Å². The second-order valence-corrected chi connectivity index (χ2v) is 2.93. The Kier molecular flexibility index (Phi) is 4.86. The number of rotatable bonds is 2. The fourth-order valence-corrected chi connectivity index (χ4v) is 1.18. The van der Waals surface area contributed by atoms with Crippen molar-refractivity contribution in [3.8, 4) is 0 Å². The molecule has 3 heteroatoms. The van der Waals surface area contributed by atoms with Crippen molar-refractivity contribution in [3.05, 3.63) is 48.7 Å². The summed E-state index contributed by atoms with van der Waals surface area (Å²) in [5, 5.41) is 3.14. The normalized spacial score (nSPS) is 8.88. The van der Waals surface area contributed by atoms with E-state index in [0.29, 0.717) is 11.5 Å². The molecule has 0 aliphatic heterocycles. The van der Waals surface area contributed by atoms with Crippen LogP contribution >= 0.6 is 0 Å². The van der Waals surface area contributed by atoms with Crippen LogP contribution < -0.4 is 11.1 Å². The molecule has 0 unspecified atom stereocenters. The lowest BCUT2D eigenvalue weighted by Crippen LogP contribution is -1.97. The predicted octanol–water partition coefficient (Wildman–Crippen LogP) is 3.43. The molecule has 1 aromatic heterocycles. The molecule has 2 rings (SSSR count). The Bertz CT molecular complexity index is 413. The number of nitrogens with two attached hydrogens (primary N) is 1. The molecule has 0 atom stereocenters. The Labute approximate surface area is 96.3 Å². The number of hydrogen-bond acceptors (Lipinski definition) is 3. The van der Waals surface area contributed by atoms with Crippen LogP contribution in [0.5, 0.6) is 0 Å². The molecule has 0 spiro atoms. The number of hydrogen-bond donors (Lipinski definition) is 2. The van der Waals surface area contributed by atoms with Gasteiger partial charge in [0, 0.05) is 11.9 Å². The average molecular weight is 215 g/mol. The van der Waals surface area contributed by atoms with Crippen LogP contribution in [-0.4, -0.2) is 4.98 Å². The summed E-state index contributed by atoms with van der Waals surface area (Å²) in [7, 11) is 0. The quantitative estimate of drug-likeness (QED) is 0.806. The van der Waals surface area contributed by atoms with E-state index in [9.17, 15) is 0 Å². The lowest BCUT2D eigenvalue weighted by Gasteiger charge is -2.06. The van der Waals surface area contributed by atoms with E-state index in [0.717, 1.165) is 5.69 Å². The molecular formula is C13H17N3. The van der Waals surface area contributed by atoms with E-state index in [2.05, 4.69) is 10.3 Å². The van der Waals surface area contributed by atoms with E-state index in [1.54, 1.807) is 6.20 Å². The summed E-state index contributed by atoms with van der Waals surface area (Å²) in [6.45, 7) is 4.00.